The van der Waals surface area contributed by atoms with Crippen LogP contribution >= 0.6 is 48.8 Å². The number of rotatable bonds is 12. The molecule has 0 bridgehead atoms. The molecule has 14 heteroatoms. The first-order chi connectivity index (χ1) is 15.1. The highest BCUT2D eigenvalue weighted by Gasteiger charge is 2.20. The predicted octanol–water partition coefficient (Wildman–Crippen LogP) is 3.81. The molecule has 0 spiro atoms. The first-order valence-electron chi connectivity index (χ1n) is 9.54. The van der Waals surface area contributed by atoms with E-state index < -0.39 is 22.4 Å². The van der Waals surface area contributed by atoms with E-state index in [-0.39, 0.29) is 17.9 Å². The molecule has 194 valence electrons. The maximum absolute atomic E-state index is 11.1. The molecule has 0 aliphatic rings. The van der Waals surface area contributed by atoms with Gasteiger partial charge >= 0.3 is 11.9 Å². The van der Waals surface area contributed by atoms with Crippen molar-refractivity contribution in [1.82, 2.24) is 10.6 Å². The van der Waals surface area contributed by atoms with E-state index in [0.29, 0.717) is 25.0 Å². The van der Waals surface area contributed by atoms with Crippen molar-refractivity contribution >= 4 is 77.3 Å². The Morgan fingerprint density at radius 1 is 0.970 bits per heavy atom. The van der Waals surface area contributed by atoms with Crippen LogP contribution in [0, 0.1) is 0 Å². The molecule has 0 aliphatic heterocycles. The fraction of sp³-hybridized carbons (Fsp3) is 0.737. The summed E-state index contributed by atoms with van der Waals surface area (Å²) in [6, 6.07) is 0. The molecule has 4 N–H and O–H groups in total. The van der Waals surface area contributed by atoms with E-state index in [4.69, 9.17) is 15.0 Å². The van der Waals surface area contributed by atoms with Crippen LogP contribution in [0.2, 0.25) is 0 Å². The van der Waals surface area contributed by atoms with Crippen LogP contribution in [0.15, 0.2) is 4.99 Å². The molecule has 0 saturated heterocycles. The molecule has 33 heavy (non-hydrogen) atoms. The van der Waals surface area contributed by atoms with Crippen molar-refractivity contribution in [1.29, 1.82) is 0 Å². The third-order valence-corrected chi connectivity index (χ3v) is 6.18. The number of carbonyl (C=O) groups is 4. The standard InChI is InChI=1S/C10H18N2O4S2.C6H12O2S2.C2H3NO.CH4/c1-11-9(15)17-6-4-3-5-7(8(13)14)18-10(16)12-2;7-6(8)5(10)3-1-2-4-9;1-3-2-4;/h7H,3-6H2,1-2H3,(H,11,15)(H,12,16)(H,13,14);5,9-10H,1-4H2,(H,7,8);1H3;1H4. The Labute approximate surface area is 215 Å². The number of aliphatic carboxylic acids is 2. The van der Waals surface area contributed by atoms with Gasteiger partial charge in [-0.2, -0.15) is 25.3 Å². The SMILES string of the molecule is C.CN=C=O.CNC(=O)SCCCCC(SC(=O)NC)C(=O)O.O=C(O)C(S)CCCCS. The van der Waals surface area contributed by atoms with Gasteiger partial charge in [-0.25, -0.2) is 9.79 Å². The molecule has 0 saturated carbocycles. The van der Waals surface area contributed by atoms with Gasteiger partial charge in [-0.3, -0.25) is 19.2 Å². The predicted molar refractivity (Wildman–Crippen MR) is 143 cm³/mol. The number of isocyanates is 1. The number of hydrogen-bond acceptors (Lipinski definition) is 10. The molecule has 2 amide bonds. The van der Waals surface area contributed by atoms with E-state index in [1.807, 2.05) is 0 Å². The molecule has 0 heterocycles. The summed E-state index contributed by atoms with van der Waals surface area (Å²) in [6.07, 6.45) is 5.64. The number of unbranched alkanes of at least 4 members (excludes halogenated alkanes) is 2. The summed E-state index contributed by atoms with van der Waals surface area (Å²) in [5.74, 6) is -0.346. The summed E-state index contributed by atoms with van der Waals surface area (Å²) in [7, 11) is 4.41. The van der Waals surface area contributed by atoms with Crippen LogP contribution in [0.1, 0.15) is 46.0 Å². The minimum atomic E-state index is -0.984. The molecule has 0 aromatic rings. The van der Waals surface area contributed by atoms with Crippen LogP contribution in [0.4, 0.5) is 9.59 Å². The van der Waals surface area contributed by atoms with Crippen LogP contribution < -0.4 is 10.6 Å². The van der Waals surface area contributed by atoms with Crippen LogP contribution in [-0.4, -0.2) is 81.9 Å². The lowest BCUT2D eigenvalue weighted by Crippen LogP contribution is -2.22. The number of nitrogens with one attached hydrogen (secondary N) is 2. The fourth-order valence-electron chi connectivity index (χ4n) is 1.66. The second kappa shape index (κ2) is 28.7. The average molecular weight is 548 g/mol. The number of carboxylic acid groups (broad SMARTS) is 2. The summed E-state index contributed by atoms with van der Waals surface area (Å²) in [4.78, 5) is 54.9. The normalized spacial score (nSPS) is 10.8. The summed E-state index contributed by atoms with van der Waals surface area (Å²) in [5.41, 5.74) is 0. The van der Waals surface area contributed by atoms with Crippen molar-refractivity contribution < 1.29 is 34.2 Å². The van der Waals surface area contributed by atoms with Crippen molar-refractivity contribution in [2.45, 2.75) is 56.5 Å². The average Bonchev–Trinajstić information content (AvgIpc) is 2.77. The molecule has 0 aromatic heterocycles. The zero-order valence-corrected chi connectivity index (χ0v) is 21.8. The lowest BCUT2D eigenvalue weighted by atomic mass is 10.2. The Bertz CT molecular complexity index is 592. The van der Waals surface area contributed by atoms with Crippen LogP contribution in [0.5, 0.6) is 0 Å². The Morgan fingerprint density at radius 3 is 1.88 bits per heavy atom. The first-order valence-corrected chi connectivity index (χ1v) is 12.6. The van der Waals surface area contributed by atoms with Gasteiger partial charge in [0.05, 0.1) is 5.25 Å². The minimum absolute atomic E-state index is 0. The Morgan fingerprint density at radius 2 is 1.48 bits per heavy atom. The van der Waals surface area contributed by atoms with Crippen LogP contribution in [-0.2, 0) is 14.4 Å². The monoisotopic (exact) mass is 547 g/mol. The third-order valence-electron chi connectivity index (χ3n) is 3.29. The van der Waals surface area contributed by atoms with E-state index in [1.54, 1.807) is 7.05 Å². The van der Waals surface area contributed by atoms with Gasteiger partial charge in [-0.15, -0.1) is 0 Å². The zero-order chi connectivity index (χ0) is 25.4. The Hall–Kier alpha value is -1.34. The van der Waals surface area contributed by atoms with Crippen molar-refractivity contribution in [3.05, 3.63) is 0 Å². The quantitative estimate of drug-likeness (QED) is 0.0923. The number of thioether (sulfide) groups is 2. The van der Waals surface area contributed by atoms with E-state index in [2.05, 4.69) is 40.9 Å². The zero-order valence-electron chi connectivity index (χ0n) is 18.4. The number of hydrogen-bond donors (Lipinski definition) is 6. The van der Waals surface area contributed by atoms with Crippen molar-refractivity contribution in [3.63, 3.8) is 0 Å². The summed E-state index contributed by atoms with van der Waals surface area (Å²) >= 11 is 9.83. The minimum Gasteiger partial charge on any atom is -0.480 e. The van der Waals surface area contributed by atoms with Crippen molar-refractivity contribution in [2.24, 2.45) is 4.99 Å². The highest BCUT2D eigenvalue weighted by molar-refractivity contribution is 8.14. The second-order valence-corrected chi connectivity index (χ2v) is 9.07. The van der Waals surface area contributed by atoms with Gasteiger partial charge in [-0.05, 0) is 43.2 Å². The molecule has 10 nitrogen and oxygen atoms in total. The highest BCUT2D eigenvalue weighted by atomic mass is 32.2. The third kappa shape index (κ3) is 30.7. The highest BCUT2D eigenvalue weighted by Crippen LogP contribution is 2.19. The molecule has 0 fully saturated rings. The molecule has 0 aliphatic carbocycles. The largest absolute Gasteiger partial charge is 0.480 e. The number of amides is 2. The van der Waals surface area contributed by atoms with E-state index >= 15 is 0 Å². The second-order valence-electron chi connectivity index (χ2n) is 5.75. The molecule has 0 aromatic carbocycles. The summed E-state index contributed by atoms with van der Waals surface area (Å²) in [5, 5.41) is 20.5. The van der Waals surface area contributed by atoms with Gasteiger partial charge < -0.3 is 20.8 Å². The van der Waals surface area contributed by atoms with Crippen LogP contribution in [0.25, 0.3) is 0 Å². The molecule has 0 rings (SSSR count). The number of nitrogens with zero attached hydrogens (tertiary/aromatic N) is 1. The lowest BCUT2D eigenvalue weighted by molar-refractivity contribution is -0.137. The first kappa shape index (κ1) is 38.9. The fourth-order valence-corrected chi connectivity index (χ4v) is 3.51. The van der Waals surface area contributed by atoms with Gasteiger partial charge in [-0.1, -0.05) is 32.0 Å². The number of carboxylic acids is 2. The number of aliphatic imine (C=N–C) groups is 1. The van der Waals surface area contributed by atoms with Gasteiger partial charge in [0.1, 0.15) is 5.25 Å². The molecule has 2 atom stereocenters. The molecular weight excluding hydrogens is 510 g/mol. The smallest absolute Gasteiger partial charge is 0.317 e. The molecule has 0 radical (unpaired) electrons. The van der Waals surface area contributed by atoms with E-state index in [1.165, 1.54) is 31.9 Å². The molecule has 2 unspecified atom stereocenters. The maximum atomic E-state index is 11.1. The van der Waals surface area contributed by atoms with Gasteiger partial charge in [0, 0.05) is 26.9 Å². The van der Waals surface area contributed by atoms with Gasteiger partial charge in [0.15, 0.2) is 0 Å². The summed E-state index contributed by atoms with van der Waals surface area (Å²) in [6.45, 7) is 0. The van der Waals surface area contributed by atoms with Gasteiger partial charge in [0.25, 0.3) is 10.5 Å². The van der Waals surface area contributed by atoms with Crippen molar-refractivity contribution in [3.8, 4) is 0 Å². The molecular formula is C19H37N3O7S4. The van der Waals surface area contributed by atoms with E-state index in [9.17, 15) is 19.2 Å². The number of thiol groups is 2. The topological polar surface area (TPSA) is 162 Å². The maximum Gasteiger partial charge on any atom is 0.317 e. The van der Waals surface area contributed by atoms with Crippen LogP contribution in [0.3, 0.4) is 0 Å². The number of carbonyl (C=O) groups excluding carboxylic acids is 3. The van der Waals surface area contributed by atoms with Crippen molar-refractivity contribution in [2.75, 3.05) is 32.6 Å². The Kier molecular flexibility index (Phi) is 33.8. The lowest BCUT2D eigenvalue weighted by Gasteiger charge is -2.10. The Balaban J connectivity index is -0.000000236. The van der Waals surface area contributed by atoms with Gasteiger partial charge in [0.2, 0.25) is 6.08 Å². The van der Waals surface area contributed by atoms with E-state index in [0.717, 1.165) is 36.8 Å². The summed E-state index contributed by atoms with van der Waals surface area (Å²) < 4.78 is 0.